The Kier molecular flexibility index (Phi) is 7.28. The Morgan fingerprint density at radius 1 is 1.06 bits per heavy atom. The predicted octanol–water partition coefficient (Wildman–Crippen LogP) is 3.63. The second-order valence-corrected chi connectivity index (χ2v) is 7.63. The highest BCUT2D eigenvalue weighted by molar-refractivity contribution is 5.80. The van der Waals surface area contributed by atoms with Gasteiger partial charge in [0.05, 0.1) is 6.42 Å². The molecule has 7 heteroatoms. The smallest absolute Gasteiger partial charge is 0.407 e. The van der Waals surface area contributed by atoms with Crippen LogP contribution in [0.5, 0.6) is 0 Å². The van der Waals surface area contributed by atoms with Crippen LogP contribution >= 0.6 is 0 Å². The van der Waals surface area contributed by atoms with Crippen molar-refractivity contribution in [3.05, 3.63) is 59.7 Å². The van der Waals surface area contributed by atoms with Crippen LogP contribution in [-0.4, -0.2) is 53.7 Å². The third-order valence-corrected chi connectivity index (χ3v) is 5.62. The monoisotopic (exact) mass is 424 g/mol. The summed E-state index contributed by atoms with van der Waals surface area (Å²) in [6, 6.07) is 15.8. The lowest BCUT2D eigenvalue weighted by Crippen LogP contribution is -2.41. The lowest BCUT2D eigenvalue weighted by Gasteiger charge is -2.27. The number of fused-ring (bicyclic) bond motifs is 3. The van der Waals surface area contributed by atoms with Crippen LogP contribution in [0.2, 0.25) is 0 Å². The zero-order valence-electron chi connectivity index (χ0n) is 17.8. The van der Waals surface area contributed by atoms with Gasteiger partial charge in [-0.15, -0.1) is 0 Å². The fourth-order valence-corrected chi connectivity index (χ4v) is 4.16. The van der Waals surface area contributed by atoms with Gasteiger partial charge < -0.3 is 20.1 Å². The Balaban J connectivity index is 1.50. The van der Waals surface area contributed by atoms with Crippen LogP contribution in [0.1, 0.15) is 43.7 Å². The average Bonchev–Trinajstić information content (AvgIpc) is 3.06. The molecule has 2 N–H and O–H groups in total. The van der Waals surface area contributed by atoms with E-state index >= 15 is 0 Å². The highest BCUT2D eigenvalue weighted by Crippen LogP contribution is 2.44. The number of carbonyl (C=O) groups excluding carboxylic acids is 2. The second-order valence-electron chi connectivity index (χ2n) is 7.63. The van der Waals surface area contributed by atoms with Crippen LogP contribution in [0.25, 0.3) is 11.1 Å². The maximum Gasteiger partial charge on any atom is 0.407 e. The zero-order chi connectivity index (χ0) is 22.4. The molecule has 2 aromatic rings. The van der Waals surface area contributed by atoms with Crippen molar-refractivity contribution in [2.24, 2.45) is 0 Å². The van der Waals surface area contributed by atoms with Crippen molar-refractivity contribution in [1.82, 2.24) is 10.2 Å². The quantitative estimate of drug-likeness (QED) is 0.641. The summed E-state index contributed by atoms with van der Waals surface area (Å²) >= 11 is 0. The largest absolute Gasteiger partial charge is 0.481 e. The second kappa shape index (κ2) is 10.1. The summed E-state index contributed by atoms with van der Waals surface area (Å²) in [4.78, 5) is 36.9. The van der Waals surface area contributed by atoms with Crippen LogP contribution < -0.4 is 5.32 Å². The van der Waals surface area contributed by atoms with Crippen LogP contribution in [0.3, 0.4) is 0 Å². The number of hydrogen-bond donors (Lipinski definition) is 2. The van der Waals surface area contributed by atoms with E-state index in [1.807, 2.05) is 24.3 Å². The minimum absolute atomic E-state index is 0.0211. The van der Waals surface area contributed by atoms with Crippen LogP contribution in [0.4, 0.5) is 4.79 Å². The molecule has 2 amide bonds. The van der Waals surface area contributed by atoms with Crippen molar-refractivity contribution >= 4 is 18.0 Å². The first-order valence-corrected chi connectivity index (χ1v) is 10.5. The third kappa shape index (κ3) is 5.23. The summed E-state index contributed by atoms with van der Waals surface area (Å²) < 4.78 is 5.46. The Labute approximate surface area is 182 Å². The van der Waals surface area contributed by atoms with Gasteiger partial charge >= 0.3 is 12.1 Å². The van der Waals surface area contributed by atoms with E-state index in [1.54, 1.807) is 13.8 Å². The molecule has 0 aromatic heterocycles. The number of hydrogen-bond acceptors (Lipinski definition) is 4. The van der Waals surface area contributed by atoms with E-state index in [-0.39, 0.29) is 37.8 Å². The van der Waals surface area contributed by atoms with E-state index < -0.39 is 18.1 Å². The SMILES string of the molecule is CCN(C(=O)CCNC(=O)OCC1c2ccccc2-c2ccccc21)C(C)CC(=O)O. The van der Waals surface area contributed by atoms with Gasteiger partial charge in [-0.2, -0.15) is 0 Å². The van der Waals surface area contributed by atoms with E-state index in [1.165, 1.54) is 4.90 Å². The summed E-state index contributed by atoms with van der Waals surface area (Å²) in [5.74, 6) is -1.17. The van der Waals surface area contributed by atoms with E-state index in [4.69, 9.17) is 9.84 Å². The first-order valence-electron chi connectivity index (χ1n) is 10.5. The number of nitrogens with zero attached hydrogens (tertiary/aromatic N) is 1. The minimum atomic E-state index is -0.949. The van der Waals surface area contributed by atoms with E-state index in [2.05, 4.69) is 29.6 Å². The molecule has 1 aliphatic rings. The van der Waals surface area contributed by atoms with Crippen molar-refractivity contribution in [3.63, 3.8) is 0 Å². The summed E-state index contributed by atoms with van der Waals surface area (Å²) in [7, 11) is 0. The lowest BCUT2D eigenvalue weighted by molar-refractivity contribution is -0.140. The molecule has 1 aliphatic carbocycles. The number of benzene rings is 2. The standard InChI is InChI=1S/C24H28N2O5/c1-3-26(16(2)14-23(28)29)22(27)12-13-25-24(30)31-15-21-19-10-6-4-8-17(19)18-9-5-7-11-20(18)21/h4-11,16,21H,3,12-15H2,1-2H3,(H,25,30)(H,28,29). The molecule has 7 nitrogen and oxygen atoms in total. The van der Waals surface area contributed by atoms with Gasteiger partial charge in [0.1, 0.15) is 6.61 Å². The molecule has 1 unspecified atom stereocenters. The average molecular weight is 424 g/mol. The number of alkyl carbamates (subject to hydrolysis) is 1. The third-order valence-electron chi connectivity index (χ3n) is 5.62. The normalized spacial score (nSPS) is 13.1. The first-order chi connectivity index (χ1) is 14.9. The molecule has 0 radical (unpaired) electrons. The number of carbonyl (C=O) groups is 3. The maximum absolute atomic E-state index is 12.4. The molecule has 2 aromatic carbocycles. The van der Waals surface area contributed by atoms with E-state index in [0.29, 0.717) is 6.54 Å². The van der Waals surface area contributed by atoms with Crippen molar-refractivity contribution < 1.29 is 24.2 Å². The molecule has 0 saturated heterocycles. The number of nitrogens with one attached hydrogen (secondary N) is 1. The van der Waals surface area contributed by atoms with Gasteiger partial charge in [0, 0.05) is 31.5 Å². The number of ether oxygens (including phenoxy) is 1. The number of carboxylic acids is 1. The van der Waals surface area contributed by atoms with Crippen molar-refractivity contribution in [2.45, 2.75) is 38.6 Å². The summed E-state index contributed by atoms with van der Waals surface area (Å²) in [6.07, 6.45) is -0.599. The van der Waals surface area contributed by atoms with Gasteiger partial charge in [-0.25, -0.2) is 4.79 Å². The van der Waals surface area contributed by atoms with Gasteiger partial charge in [-0.1, -0.05) is 48.5 Å². The first kappa shape index (κ1) is 22.3. The van der Waals surface area contributed by atoms with Gasteiger partial charge in [0.15, 0.2) is 0 Å². The number of aliphatic carboxylic acids is 1. The molecule has 1 atom stereocenters. The molecule has 0 aliphatic heterocycles. The Morgan fingerprint density at radius 3 is 2.19 bits per heavy atom. The highest BCUT2D eigenvalue weighted by atomic mass is 16.5. The summed E-state index contributed by atoms with van der Waals surface area (Å²) in [5, 5.41) is 11.5. The van der Waals surface area contributed by atoms with Gasteiger partial charge in [0.2, 0.25) is 5.91 Å². The van der Waals surface area contributed by atoms with E-state index in [9.17, 15) is 14.4 Å². The highest BCUT2D eigenvalue weighted by Gasteiger charge is 2.29. The van der Waals surface area contributed by atoms with E-state index in [0.717, 1.165) is 22.3 Å². The number of carboxylic acid groups (broad SMARTS) is 1. The Bertz CT molecular complexity index is 913. The minimum Gasteiger partial charge on any atom is -0.481 e. The fraction of sp³-hybridized carbons (Fsp3) is 0.375. The Hall–Kier alpha value is -3.35. The molecular formula is C24H28N2O5. The molecule has 0 heterocycles. The number of rotatable bonds is 9. The van der Waals surface area contributed by atoms with Crippen molar-refractivity contribution in [3.8, 4) is 11.1 Å². The Morgan fingerprint density at radius 2 is 1.65 bits per heavy atom. The predicted molar refractivity (Wildman–Crippen MR) is 117 cm³/mol. The van der Waals surface area contributed by atoms with Crippen molar-refractivity contribution in [2.75, 3.05) is 19.7 Å². The maximum atomic E-state index is 12.4. The van der Waals surface area contributed by atoms with Gasteiger partial charge in [-0.3, -0.25) is 9.59 Å². The molecule has 0 bridgehead atoms. The molecule has 164 valence electrons. The van der Waals surface area contributed by atoms with Crippen LogP contribution in [0, 0.1) is 0 Å². The lowest BCUT2D eigenvalue weighted by atomic mass is 9.98. The van der Waals surface area contributed by atoms with Gasteiger partial charge in [0.25, 0.3) is 0 Å². The molecule has 31 heavy (non-hydrogen) atoms. The van der Waals surface area contributed by atoms with Crippen molar-refractivity contribution in [1.29, 1.82) is 0 Å². The van der Waals surface area contributed by atoms with Crippen LogP contribution in [0.15, 0.2) is 48.5 Å². The molecule has 3 rings (SSSR count). The topological polar surface area (TPSA) is 95.9 Å². The number of amides is 2. The molecule has 0 saturated carbocycles. The molecule has 0 spiro atoms. The summed E-state index contributed by atoms with van der Waals surface area (Å²) in [5.41, 5.74) is 4.59. The van der Waals surface area contributed by atoms with Gasteiger partial charge in [-0.05, 0) is 36.1 Å². The zero-order valence-corrected chi connectivity index (χ0v) is 17.8. The van der Waals surface area contributed by atoms with Crippen LogP contribution in [-0.2, 0) is 14.3 Å². The molecular weight excluding hydrogens is 396 g/mol. The summed E-state index contributed by atoms with van der Waals surface area (Å²) in [6.45, 7) is 4.26. The fourth-order valence-electron chi connectivity index (χ4n) is 4.16. The molecule has 0 fully saturated rings.